The van der Waals surface area contributed by atoms with Crippen molar-refractivity contribution in [1.82, 2.24) is 9.80 Å². The smallest absolute Gasteiger partial charge is 0.387 e. The minimum absolute atomic E-state index is 0.127. The lowest BCUT2D eigenvalue weighted by atomic mass is 10.1. The molecule has 0 saturated heterocycles. The van der Waals surface area contributed by atoms with E-state index >= 15 is 0 Å². The molecule has 5 nitrogen and oxygen atoms in total. The quantitative estimate of drug-likeness (QED) is 0.665. The number of hydrogen-bond acceptors (Lipinski definition) is 4. The van der Waals surface area contributed by atoms with Crippen molar-refractivity contribution >= 4 is 11.8 Å². The van der Waals surface area contributed by atoms with Crippen LogP contribution >= 0.6 is 0 Å². The minimum atomic E-state index is -2.85. The Balaban J connectivity index is 1.50. The van der Waals surface area contributed by atoms with Crippen LogP contribution in [0.5, 0.6) is 5.75 Å². The molecule has 1 heterocycles. The number of nitrogens with zero attached hydrogens (tertiary/aromatic N) is 2. The molecule has 2 amide bonds. The zero-order valence-corrected chi connectivity index (χ0v) is 14.9. The maximum atomic E-state index is 12.3. The summed E-state index contributed by atoms with van der Waals surface area (Å²) in [5.41, 5.74) is 1.75. The predicted molar refractivity (Wildman–Crippen MR) is 95.8 cm³/mol. The van der Waals surface area contributed by atoms with Gasteiger partial charge in [-0.25, -0.2) is 0 Å². The molecule has 0 spiro atoms. The Morgan fingerprint density at radius 2 is 1.70 bits per heavy atom. The number of fused-ring (bicyclic) bond motifs is 1. The first kappa shape index (κ1) is 19.0. The fourth-order valence-corrected chi connectivity index (χ4v) is 3.15. The Kier molecular flexibility index (Phi) is 5.81. The van der Waals surface area contributed by atoms with Crippen molar-refractivity contribution in [3.05, 3.63) is 65.2 Å². The topological polar surface area (TPSA) is 49.9 Å². The first-order valence-electron chi connectivity index (χ1n) is 8.63. The summed E-state index contributed by atoms with van der Waals surface area (Å²) in [4.78, 5) is 27.9. The maximum absolute atomic E-state index is 12.3. The lowest BCUT2D eigenvalue weighted by Gasteiger charge is -2.19. The summed E-state index contributed by atoms with van der Waals surface area (Å²) < 4.78 is 29.0. The van der Waals surface area contributed by atoms with Crippen molar-refractivity contribution in [3.8, 4) is 5.75 Å². The van der Waals surface area contributed by atoms with Crippen molar-refractivity contribution < 1.29 is 23.1 Å². The number of ether oxygens (including phenoxy) is 1. The third-order valence-electron chi connectivity index (χ3n) is 4.38. The average molecular weight is 374 g/mol. The van der Waals surface area contributed by atoms with Gasteiger partial charge in [0.2, 0.25) is 0 Å². The van der Waals surface area contributed by atoms with Gasteiger partial charge in [-0.1, -0.05) is 24.3 Å². The fraction of sp³-hybridized carbons (Fsp3) is 0.300. The lowest BCUT2D eigenvalue weighted by Crippen LogP contribution is -2.32. The SMILES string of the molecule is CN(CCCN1C(=O)c2ccccc2C1=O)Cc1cccc(OC(F)F)c1. The molecule has 0 aliphatic carbocycles. The number of rotatable bonds is 8. The van der Waals surface area contributed by atoms with Gasteiger partial charge in [0.25, 0.3) is 11.8 Å². The highest BCUT2D eigenvalue weighted by Gasteiger charge is 2.34. The number of carbonyl (C=O) groups is 2. The van der Waals surface area contributed by atoms with Gasteiger partial charge in [0.1, 0.15) is 5.75 Å². The highest BCUT2D eigenvalue weighted by molar-refractivity contribution is 6.21. The first-order valence-corrected chi connectivity index (χ1v) is 8.63. The van der Waals surface area contributed by atoms with Crippen LogP contribution in [0.2, 0.25) is 0 Å². The van der Waals surface area contributed by atoms with E-state index in [9.17, 15) is 18.4 Å². The van der Waals surface area contributed by atoms with Crippen LogP contribution in [-0.4, -0.2) is 48.4 Å². The van der Waals surface area contributed by atoms with Crippen LogP contribution < -0.4 is 4.74 Å². The standard InChI is InChI=1S/C20H20F2N2O3/c1-23(13-14-6-4-7-15(12-14)27-20(21)22)10-5-11-24-18(25)16-8-2-3-9-17(16)19(24)26/h2-4,6-9,12,20H,5,10-11,13H2,1H3. The predicted octanol–water partition coefficient (Wildman–Crippen LogP) is 3.41. The number of imide groups is 1. The fourth-order valence-electron chi connectivity index (χ4n) is 3.15. The Labute approximate surface area is 156 Å². The van der Waals surface area contributed by atoms with Crippen LogP contribution in [0.15, 0.2) is 48.5 Å². The third-order valence-corrected chi connectivity index (χ3v) is 4.38. The van der Waals surface area contributed by atoms with E-state index in [4.69, 9.17) is 0 Å². The number of hydrogen-bond donors (Lipinski definition) is 0. The molecule has 0 radical (unpaired) electrons. The second-order valence-electron chi connectivity index (χ2n) is 6.42. The van der Waals surface area contributed by atoms with E-state index in [0.717, 1.165) is 5.56 Å². The van der Waals surface area contributed by atoms with Crippen LogP contribution in [0.25, 0.3) is 0 Å². The summed E-state index contributed by atoms with van der Waals surface area (Å²) in [5, 5.41) is 0. The molecule has 1 aliphatic rings. The Morgan fingerprint density at radius 1 is 1.04 bits per heavy atom. The summed E-state index contributed by atoms with van der Waals surface area (Å²) in [5.74, 6) is -0.382. The molecular formula is C20H20F2N2O3. The van der Waals surface area contributed by atoms with Gasteiger partial charge in [0.05, 0.1) is 11.1 Å². The molecule has 27 heavy (non-hydrogen) atoms. The zero-order valence-electron chi connectivity index (χ0n) is 14.9. The molecular weight excluding hydrogens is 354 g/mol. The van der Waals surface area contributed by atoms with E-state index in [0.29, 0.717) is 37.2 Å². The molecule has 3 rings (SSSR count). The van der Waals surface area contributed by atoms with Gasteiger partial charge in [0.15, 0.2) is 0 Å². The van der Waals surface area contributed by atoms with Crippen LogP contribution in [0.1, 0.15) is 32.7 Å². The molecule has 0 saturated carbocycles. The number of carbonyl (C=O) groups excluding carboxylic acids is 2. The normalized spacial score (nSPS) is 13.6. The van der Waals surface area contributed by atoms with Gasteiger partial charge in [0, 0.05) is 13.1 Å². The number of amides is 2. The largest absolute Gasteiger partial charge is 0.435 e. The van der Waals surface area contributed by atoms with E-state index < -0.39 is 6.61 Å². The molecule has 0 aromatic heterocycles. The summed E-state index contributed by atoms with van der Waals surface area (Å²) in [6.45, 7) is -1.32. The zero-order chi connectivity index (χ0) is 19.4. The van der Waals surface area contributed by atoms with Crippen molar-refractivity contribution in [2.45, 2.75) is 19.6 Å². The second-order valence-corrected chi connectivity index (χ2v) is 6.42. The van der Waals surface area contributed by atoms with Crippen LogP contribution in [0.3, 0.4) is 0 Å². The monoisotopic (exact) mass is 374 g/mol. The first-order chi connectivity index (χ1) is 13.0. The Bertz CT molecular complexity index is 806. The lowest BCUT2D eigenvalue weighted by molar-refractivity contribution is -0.0499. The average Bonchev–Trinajstić information content (AvgIpc) is 2.87. The molecule has 2 aromatic rings. The summed E-state index contributed by atoms with van der Waals surface area (Å²) in [7, 11) is 1.89. The van der Waals surface area contributed by atoms with Crippen molar-refractivity contribution in [2.75, 3.05) is 20.1 Å². The minimum Gasteiger partial charge on any atom is -0.435 e. The molecule has 7 heteroatoms. The number of halogens is 2. The maximum Gasteiger partial charge on any atom is 0.387 e. The van der Waals surface area contributed by atoms with E-state index in [1.807, 2.05) is 18.0 Å². The molecule has 0 fully saturated rings. The van der Waals surface area contributed by atoms with Crippen LogP contribution in [-0.2, 0) is 6.54 Å². The summed E-state index contributed by atoms with van der Waals surface area (Å²) in [6.07, 6.45) is 0.620. The van der Waals surface area contributed by atoms with Gasteiger partial charge in [-0.05, 0) is 49.8 Å². The van der Waals surface area contributed by atoms with E-state index in [1.165, 1.54) is 11.0 Å². The molecule has 1 aliphatic heterocycles. The highest BCUT2D eigenvalue weighted by atomic mass is 19.3. The molecule has 0 unspecified atom stereocenters. The van der Waals surface area contributed by atoms with Crippen LogP contribution in [0.4, 0.5) is 8.78 Å². The summed E-state index contributed by atoms with van der Waals surface area (Å²) >= 11 is 0. The van der Waals surface area contributed by atoms with E-state index in [1.54, 1.807) is 36.4 Å². The van der Waals surface area contributed by atoms with Gasteiger partial charge < -0.3 is 9.64 Å². The van der Waals surface area contributed by atoms with Crippen molar-refractivity contribution in [3.63, 3.8) is 0 Å². The molecule has 0 atom stereocenters. The third kappa shape index (κ3) is 4.49. The van der Waals surface area contributed by atoms with E-state index in [2.05, 4.69) is 4.74 Å². The van der Waals surface area contributed by atoms with Gasteiger partial charge in [-0.15, -0.1) is 0 Å². The number of alkyl halides is 2. The molecule has 2 aromatic carbocycles. The van der Waals surface area contributed by atoms with Crippen LogP contribution in [0, 0.1) is 0 Å². The van der Waals surface area contributed by atoms with E-state index in [-0.39, 0.29) is 17.6 Å². The van der Waals surface area contributed by atoms with Crippen molar-refractivity contribution in [1.29, 1.82) is 0 Å². The molecule has 0 bridgehead atoms. The van der Waals surface area contributed by atoms with Crippen molar-refractivity contribution in [2.24, 2.45) is 0 Å². The Morgan fingerprint density at radius 3 is 2.33 bits per heavy atom. The van der Waals surface area contributed by atoms with Gasteiger partial charge >= 0.3 is 6.61 Å². The molecule has 0 N–H and O–H groups in total. The van der Waals surface area contributed by atoms with Gasteiger partial charge in [-0.3, -0.25) is 14.5 Å². The van der Waals surface area contributed by atoms with Gasteiger partial charge in [-0.2, -0.15) is 8.78 Å². The second kappa shape index (κ2) is 8.26. The highest BCUT2D eigenvalue weighted by Crippen LogP contribution is 2.22. The summed E-state index contributed by atoms with van der Waals surface area (Å²) in [6, 6.07) is 13.4. The Hall–Kier alpha value is -2.80. The number of benzene rings is 2. The molecule has 142 valence electrons.